The number of hydrogen-bond acceptors (Lipinski definition) is 5. The summed E-state index contributed by atoms with van der Waals surface area (Å²) in [5.41, 5.74) is 0.939. The number of carbonyl (C=O) groups excluding carboxylic acids is 1. The number of nitrogens with zero attached hydrogens (tertiary/aromatic N) is 1. The van der Waals surface area contributed by atoms with E-state index in [0.717, 1.165) is 15.2 Å². The highest BCUT2D eigenvalue weighted by atomic mass is 32.1. The molecule has 0 saturated carbocycles. The molecule has 2 aromatic heterocycles. The van der Waals surface area contributed by atoms with E-state index in [1.54, 1.807) is 23.5 Å². The first kappa shape index (κ1) is 16.5. The fourth-order valence-corrected chi connectivity index (χ4v) is 3.32. The van der Waals surface area contributed by atoms with Gasteiger partial charge in [-0.05, 0) is 31.2 Å². The van der Waals surface area contributed by atoms with Gasteiger partial charge >= 0.3 is 6.03 Å². The quantitative estimate of drug-likeness (QED) is 0.640. The smallest absolute Gasteiger partial charge is 0.315 e. The third kappa shape index (κ3) is 4.12. The van der Waals surface area contributed by atoms with E-state index in [2.05, 4.69) is 15.6 Å². The summed E-state index contributed by atoms with van der Waals surface area (Å²) in [5, 5.41) is 16.5. The molecule has 0 saturated heterocycles. The second-order valence-corrected chi connectivity index (χ2v) is 6.69. The highest BCUT2D eigenvalue weighted by molar-refractivity contribution is 7.18. The van der Waals surface area contributed by atoms with Crippen LogP contribution in [0.5, 0.6) is 0 Å². The van der Waals surface area contributed by atoms with Crippen LogP contribution in [0.4, 0.5) is 4.79 Å². The number of thiazole rings is 1. The number of benzene rings is 1. The molecule has 2 atom stereocenters. The number of carbonyl (C=O) groups is 1. The van der Waals surface area contributed by atoms with Crippen LogP contribution >= 0.6 is 11.3 Å². The van der Waals surface area contributed by atoms with Gasteiger partial charge in [-0.3, -0.25) is 0 Å². The molecule has 0 aliphatic heterocycles. The Morgan fingerprint density at radius 3 is 2.92 bits per heavy atom. The summed E-state index contributed by atoms with van der Waals surface area (Å²) < 4.78 is 6.25. The Bertz CT molecular complexity index is 767. The third-order valence-electron chi connectivity index (χ3n) is 3.56. The highest BCUT2D eigenvalue weighted by Crippen LogP contribution is 2.21. The SMILES string of the molecule is C[C@H](C[C@H](O)c1ccco1)NC(=O)NCc1nc2ccccc2s1. The van der Waals surface area contributed by atoms with Crippen molar-refractivity contribution in [3.8, 4) is 0 Å². The second kappa shape index (κ2) is 7.46. The second-order valence-electron chi connectivity index (χ2n) is 5.57. The molecule has 6 nitrogen and oxygen atoms in total. The lowest BCUT2D eigenvalue weighted by molar-refractivity contribution is 0.129. The molecule has 0 aliphatic carbocycles. The number of amides is 2. The molecular weight excluding hydrogens is 326 g/mol. The summed E-state index contributed by atoms with van der Waals surface area (Å²) in [6.07, 6.45) is 1.16. The first-order valence-corrected chi connectivity index (χ1v) is 8.54. The predicted molar refractivity (Wildman–Crippen MR) is 92.7 cm³/mol. The summed E-state index contributed by atoms with van der Waals surface area (Å²) in [6, 6.07) is 10.8. The minimum atomic E-state index is -0.737. The van der Waals surface area contributed by atoms with Gasteiger partial charge in [-0.15, -0.1) is 11.3 Å². The molecule has 0 fully saturated rings. The lowest BCUT2D eigenvalue weighted by Crippen LogP contribution is -2.41. The van der Waals surface area contributed by atoms with Gasteiger partial charge in [-0.2, -0.15) is 0 Å². The minimum Gasteiger partial charge on any atom is -0.467 e. The lowest BCUT2D eigenvalue weighted by atomic mass is 10.1. The van der Waals surface area contributed by atoms with Gasteiger partial charge in [-0.1, -0.05) is 12.1 Å². The number of furan rings is 1. The zero-order valence-corrected chi connectivity index (χ0v) is 14.0. The van der Waals surface area contributed by atoms with E-state index in [1.807, 2.05) is 31.2 Å². The standard InChI is InChI=1S/C17H19N3O3S/c1-11(9-13(21)14-6-4-8-23-14)19-17(22)18-10-16-20-12-5-2-3-7-15(12)24-16/h2-8,11,13,21H,9-10H2,1H3,(H2,18,19,22)/t11-,13+/m1/s1. The van der Waals surface area contributed by atoms with Crippen LogP contribution in [0, 0.1) is 0 Å². The van der Waals surface area contributed by atoms with Crippen molar-refractivity contribution in [3.63, 3.8) is 0 Å². The van der Waals surface area contributed by atoms with Crippen LogP contribution in [-0.4, -0.2) is 22.2 Å². The van der Waals surface area contributed by atoms with Gasteiger partial charge in [0.1, 0.15) is 16.9 Å². The van der Waals surface area contributed by atoms with Crippen LogP contribution in [0.3, 0.4) is 0 Å². The fraction of sp³-hybridized carbons (Fsp3) is 0.294. The van der Waals surface area contributed by atoms with Crippen molar-refractivity contribution in [3.05, 3.63) is 53.4 Å². The van der Waals surface area contributed by atoms with Crippen LogP contribution in [0.2, 0.25) is 0 Å². The average molecular weight is 345 g/mol. The molecule has 1 aromatic carbocycles. The first-order valence-electron chi connectivity index (χ1n) is 7.72. The maximum Gasteiger partial charge on any atom is 0.315 e. The number of hydrogen-bond donors (Lipinski definition) is 3. The molecule has 3 rings (SSSR count). The number of nitrogens with one attached hydrogen (secondary N) is 2. The molecule has 3 N–H and O–H groups in total. The molecule has 0 bridgehead atoms. The van der Waals surface area contributed by atoms with E-state index in [1.165, 1.54) is 6.26 Å². The minimum absolute atomic E-state index is 0.194. The molecule has 7 heteroatoms. The van der Waals surface area contributed by atoms with Crippen molar-refractivity contribution in [1.29, 1.82) is 0 Å². The molecule has 0 aliphatic rings. The number of rotatable bonds is 6. The number of aliphatic hydroxyl groups excluding tert-OH is 1. The van der Waals surface area contributed by atoms with Gasteiger partial charge < -0.3 is 20.2 Å². The summed E-state index contributed by atoms with van der Waals surface area (Å²) >= 11 is 1.56. The molecule has 2 heterocycles. The number of para-hydroxylation sites is 1. The van der Waals surface area contributed by atoms with Crippen LogP contribution in [0.1, 0.15) is 30.2 Å². The molecule has 24 heavy (non-hydrogen) atoms. The maximum atomic E-state index is 12.0. The normalized spacial score (nSPS) is 13.6. The van der Waals surface area contributed by atoms with Gasteiger partial charge in [0.25, 0.3) is 0 Å². The summed E-state index contributed by atoms with van der Waals surface area (Å²) in [4.78, 5) is 16.4. The predicted octanol–water partition coefficient (Wildman–Crippen LogP) is 3.20. The van der Waals surface area contributed by atoms with E-state index in [0.29, 0.717) is 18.7 Å². The largest absolute Gasteiger partial charge is 0.467 e. The molecular formula is C17H19N3O3S. The van der Waals surface area contributed by atoms with E-state index in [9.17, 15) is 9.90 Å². The fourth-order valence-electron chi connectivity index (χ4n) is 2.42. The number of aromatic nitrogens is 1. The van der Waals surface area contributed by atoms with E-state index in [-0.39, 0.29) is 12.1 Å². The van der Waals surface area contributed by atoms with Gasteiger partial charge in [-0.25, -0.2) is 9.78 Å². The van der Waals surface area contributed by atoms with Gasteiger partial charge in [0.05, 0.1) is 23.0 Å². The van der Waals surface area contributed by atoms with Crippen molar-refractivity contribution < 1.29 is 14.3 Å². The molecule has 0 spiro atoms. The zero-order chi connectivity index (χ0) is 16.9. The van der Waals surface area contributed by atoms with Crippen molar-refractivity contribution in [2.45, 2.75) is 32.0 Å². The van der Waals surface area contributed by atoms with Crippen molar-refractivity contribution in [2.24, 2.45) is 0 Å². The molecule has 0 radical (unpaired) electrons. The molecule has 0 unspecified atom stereocenters. The molecule has 2 amide bonds. The van der Waals surface area contributed by atoms with Crippen molar-refractivity contribution in [2.75, 3.05) is 0 Å². The Balaban J connectivity index is 1.46. The summed E-state index contributed by atoms with van der Waals surface area (Å²) in [6.45, 7) is 2.21. The number of urea groups is 1. The van der Waals surface area contributed by atoms with Crippen LogP contribution < -0.4 is 10.6 Å². The first-order chi connectivity index (χ1) is 11.6. The number of aliphatic hydroxyl groups is 1. The monoisotopic (exact) mass is 345 g/mol. The van der Waals surface area contributed by atoms with Crippen molar-refractivity contribution >= 4 is 27.6 Å². The van der Waals surface area contributed by atoms with Gasteiger partial charge in [0.15, 0.2) is 0 Å². The zero-order valence-electron chi connectivity index (χ0n) is 13.2. The topological polar surface area (TPSA) is 87.4 Å². The Morgan fingerprint density at radius 2 is 2.17 bits per heavy atom. The van der Waals surface area contributed by atoms with Gasteiger partial charge in [0.2, 0.25) is 0 Å². The van der Waals surface area contributed by atoms with Crippen LogP contribution in [0.15, 0.2) is 47.1 Å². The van der Waals surface area contributed by atoms with E-state index in [4.69, 9.17) is 4.42 Å². The summed E-state index contributed by atoms with van der Waals surface area (Å²) in [7, 11) is 0. The van der Waals surface area contributed by atoms with E-state index < -0.39 is 6.10 Å². The van der Waals surface area contributed by atoms with Crippen LogP contribution in [-0.2, 0) is 6.54 Å². The summed E-state index contributed by atoms with van der Waals surface area (Å²) in [5.74, 6) is 0.499. The van der Waals surface area contributed by atoms with E-state index >= 15 is 0 Å². The average Bonchev–Trinajstić information content (AvgIpc) is 3.21. The highest BCUT2D eigenvalue weighted by Gasteiger charge is 2.16. The van der Waals surface area contributed by atoms with Crippen molar-refractivity contribution in [1.82, 2.24) is 15.6 Å². The van der Waals surface area contributed by atoms with Crippen LogP contribution in [0.25, 0.3) is 10.2 Å². The molecule has 126 valence electrons. The lowest BCUT2D eigenvalue weighted by Gasteiger charge is -2.16. The maximum absolute atomic E-state index is 12.0. The number of fused-ring (bicyclic) bond motifs is 1. The Hall–Kier alpha value is -2.38. The Kier molecular flexibility index (Phi) is 5.12. The Morgan fingerprint density at radius 1 is 1.33 bits per heavy atom. The third-order valence-corrected chi connectivity index (χ3v) is 4.60. The Labute approximate surface area is 143 Å². The van der Waals surface area contributed by atoms with Gasteiger partial charge in [0, 0.05) is 12.5 Å². The molecule has 3 aromatic rings.